The fourth-order valence-corrected chi connectivity index (χ4v) is 4.34. The van der Waals surface area contributed by atoms with Crippen LogP contribution in [-0.2, 0) is 0 Å². The number of H-pyrrole nitrogens is 1. The Bertz CT molecular complexity index is 1560. The molecule has 0 aliphatic carbocycles. The van der Waals surface area contributed by atoms with Gasteiger partial charge in [-0.25, -0.2) is 0 Å². The first-order valence-electron chi connectivity index (χ1n) is 9.28. The van der Waals surface area contributed by atoms with Crippen LogP contribution in [0.4, 0.5) is 0 Å². The van der Waals surface area contributed by atoms with Gasteiger partial charge in [0.25, 0.3) is 0 Å². The van der Waals surface area contributed by atoms with E-state index < -0.39 is 0 Å². The number of nitrogens with zero attached hydrogens (tertiary/aromatic N) is 2. The first-order chi connectivity index (χ1) is 13.8. The number of nitriles is 1. The molecule has 28 heavy (non-hydrogen) atoms. The highest BCUT2D eigenvalue weighted by molar-refractivity contribution is 6.25. The van der Waals surface area contributed by atoms with Crippen LogP contribution < -0.4 is 0 Å². The highest BCUT2D eigenvalue weighted by atomic mass is 15.0. The summed E-state index contributed by atoms with van der Waals surface area (Å²) in [4.78, 5) is 3.64. The Morgan fingerprint density at radius 1 is 0.679 bits per heavy atom. The quantitative estimate of drug-likeness (QED) is 0.369. The lowest BCUT2D eigenvalue weighted by Crippen LogP contribution is -1.93. The summed E-state index contributed by atoms with van der Waals surface area (Å²) in [5, 5.41) is 14.1. The Balaban J connectivity index is 1.81. The van der Waals surface area contributed by atoms with E-state index >= 15 is 0 Å². The number of hydrogen-bond donors (Lipinski definition) is 1. The molecular weight excluding hydrogens is 342 g/mol. The number of aromatic amines is 1. The highest BCUT2D eigenvalue weighted by Crippen LogP contribution is 2.38. The van der Waals surface area contributed by atoms with Crippen LogP contribution in [0.1, 0.15) is 5.56 Å². The van der Waals surface area contributed by atoms with Gasteiger partial charge in [0.2, 0.25) is 0 Å². The number of hydrogen-bond acceptors (Lipinski definition) is 1. The normalized spacial score (nSPS) is 11.5. The third-order valence-corrected chi connectivity index (χ3v) is 5.57. The summed E-state index contributed by atoms with van der Waals surface area (Å²) in [6, 6.07) is 31.3. The molecule has 0 aliphatic rings. The molecule has 0 bridgehead atoms. The van der Waals surface area contributed by atoms with Crippen molar-refractivity contribution in [1.29, 1.82) is 5.26 Å². The predicted molar refractivity (Wildman–Crippen MR) is 115 cm³/mol. The molecule has 0 unspecified atom stereocenters. The molecule has 3 nitrogen and oxygen atoms in total. The molecule has 1 N–H and O–H groups in total. The van der Waals surface area contributed by atoms with Gasteiger partial charge >= 0.3 is 0 Å². The fraction of sp³-hybridized carbons (Fsp3) is 0. The molecule has 2 heterocycles. The molecule has 0 fully saturated rings. The summed E-state index contributed by atoms with van der Waals surface area (Å²) >= 11 is 0. The van der Waals surface area contributed by atoms with Crippen molar-refractivity contribution in [3.8, 4) is 11.8 Å². The minimum Gasteiger partial charge on any atom is -0.354 e. The van der Waals surface area contributed by atoms with Crippen LogP contribution >= 0.6 is 0 Å². The van der Waals surface area contributed by atoms with Crippen LogP contribution in [0.25, 0.3) is 49.3 Å². The largest absolute Gasteiger partial charge is 0.354 e. The zero-order chi connectivity index (χ0) is 18.7. The predicted octanol–water partition coefficient (Wildman–Crippen LogP) is 6.29. The van der Waals surface area contributed by atoms with E-state index in [0.29, 0.717) is 5.56 Å². The molecule has 4 aromatic carbocycles. The SMILES string of the molecule is N#Cc1ccc(-n2c3ccccc3c3c4[nH]c5ccccc5c4ccc32)cc1. The van der Waals surface area contributed by atoms with Crippen LogP contribution in [0, 0.1) is 11.3 Å². The smallest absolute Gasteiger partial charge is 0.0991 e. The summed E-state index contributed by atoms with van der Waals surface area (Å²) < 4.78 is 2.27. The Hall–Kier alpha value is -4.03. The molecule has 6 rings (SSSR count). The Kier molecular flexibility index (Phi) is 2.95. The van der Waals surface area contributed by atoms with Crippen molar-refractivity contribution in [2.45, 2.75) is 0 Å². The summed E-state index contributed by atoms with van der Waals surface area (Å²) in [7, 11) is 0. The van der Waals surface area contributed by atoms with Gasteiger partial charge in [-0.1, -0.05) is 42.5 Å². The van der Waals surface area contributed by atoms with Gasteiger partial charge in [0.05, 0.1) is 28.2 Å². The maximum absolute atomic E-state index is 9.13. The van der Waals surface area contributed by atoms with Crippen LogP contribution in [0.3, 0.4) is 0 Å². The number of rotatable bonds is 1. The Labute approximate surface area is 161 Å². The minimum atomic E-state index is 0.669. The molecule has 0 atom stereocenters. The maximum Gasteiger partial charge on any atom is 0.0991 e. The van der Waals surface area contributed by atoms with Crippen LogP contribution in [-0.4, -0.2) is 9.55 Å². The summed E-state index contributed by atoms with van der Waals surface area (Å²) in [5.74, 6) is 0. The van der Waals surface area contributed by atoms with Crippen LogP contribution in [0.15, 0.2) is 84.9 Å². The average molecular weight is 357 g/mol. The van der Waals surface area contributed by atoms with Gasteiger partial charge in [-0.05, 0) is 42.5 Å². The van der Waals surface area contributed by atoms with E-state index in [4.69, 9.17) is 5.26 Å². The second kappa shape index (κ2) is 5.48. The molecule has 130 valence electrons. The van der Waals surface area contributed by atoms with Crippen molar-refractivity contribution in [3.05, 3.63) is 90.5 Å². The number of fused-ring (bicyclic) bond motifs is 7. The second-order valence-corrected chi connectivity index (χ2v) is 7.06. The molecule has 0 saturated heterocycles. The van der Waals surface area contributed by atoms with E-state index in [1.807, 2.05) is 24.3 Å². The summed E-state index contributed by atoms with van der Waals surface area (Å²) in [6.45, 7) is 0. The maximum atomic E-state index is 9.13. The highest BCUT2D eigenvalue weighted by Gasteiger charge is 2.16. The minimum absolute atomic E-state index is 0.669. The van der Waals surface area contributed by atoms with Gasteiger partial charge in [-0.15, -0.1) is 0 Å². The molecular formula is C25H15N3. The zero-order valence-electron chi connectivity index (χ0n) is 15.0. The molecule has 0 amide bonds. The van der Waals surface area contributed by atoms with Crippen molar-refractivity contribution in [2.75, 3.05) is 0 Å². The van der Waals surface area contributed by atoms with E-state index in [0.717, 1.165) is 22.2 Å². The number of para-hydroxylation sites is 2. The van der Waals surface area contributed by atoms with Crippen LogP contribution in [0.2, 0.25) is 0 Å². The third kappa shape index (κ3) is 1.92. The van der Waals surface area contributed by atoms with Crippen molar-refractivity contribution in [1.82, 2.24) is 9.55 Å². The first-order valence-corrected chi connectivity index (χ1v) is 9.28. The topological polar surface area (TPSA) is 44.5 Å². The van der Waals surface area contributed by atoms with Gasteiger partial charge in [0.15, 0.2) is 0 Å². The molecule has 0 spiro atoms. The molecule has 6 aromatic rings. The zero-order valence-corrected chi connectivity index (χ0v) is 15.0. The molecule has 0 aliphatic heterocycles. The molecule has 0 radical (unpaired) electrons. The number of aromatic nitrogens is 2. The van der Waals surface area contributed by atoms with E-state index in [1.54, 1.807) is 0 Å². The van der Waals surface area contributed by atoms with Crippen LogP contribution in [0.5, 0.6) is 0 Å². The van der Waals surface area contributed by atoms with Gasteiger partial charge < -0.3 is 9.55 Å². The summed E-state index contributed by atoms with van der Waals surface area (Å²) in [5.41, 5.74) is 6.36. The third-order valence-electron chi connectivity index (χ3n) is 5.57. The summed E-state index contributed by atoms with van der Waals surface area (Å²) in [6.07, 6.45) is 0. The monoisotopic (exact) mass is 357 g/mol. The Morgan fingerprint density at radius 3 is 2.25 bits per heavy atom. The van der Waals surface area contributed by atoms with Gasteiger partial charge in [-0.3, -0.25) is 0 Å². The van der Waals surface area contributed by atoms with E-state index in [1.165, 1.54) is 27.1 Å². The molecule has 2 aromatic heterocycles. The Morgan fingerprint density at radius 2 is 1.43 bits per heavy atom. The average Bonchev–Trinajstić information content (AvgIpc) is 3.29. The van der Waals surface area contributed by atoms with Crippen molar-refractivity contribution < 1.29 is 0 Å². The lowest BCUT2D eigenvalue weighted by atomic mass is 10.1. The standard InChI is InChI=1S/C25H15N3/c26-15-16-9-11-17(12-10-16)28-22-8-4-2-6-20(22)24-23(28)14-13-19-18-5-1-3-7-21(18)27-25(19)24/h1-14,27H. The fourth-order valence-electron chi connectivity index (χ4n) is 4.34. The lowest BCUT2D eigenvalue weighted by Gasteiger charge is -2.07. The lowest BCUT2D eigenvalue weighted by molar-refractivity contribution is 1.18. The molecule has 3 heteroatoms. The van der Waals surface area contributed by atoms with Gasteiger partial charge in [-0.2, -0.15) is 5.26 Å². The number of benzene rings is 4. The van der Waals surface area contributed by atoms with E-state index in [2.05, 4.69) is 76.3 Å². The van der Waals surface area contributed by atoms with E-state index in [-0.39, 0.29) is 0 Å². The van der Waals surface area contributed by atoms with E-state index in [9.17, 15) is 0 Å². The van der Waals surface area contributed by atoms with Gasteiger partial charge in [0, 0.05) is 32.7 Å². The molecule has 0 saturated carbocycles. The second-order valence-electron chi connectivity index (χ2n) is 7.06. The van der Waals surface area contributed by atoms with Gasteiger partial charge in [0.1, 0.15) is 0 Å². The number of nitrogens with one attached hydrogen (secondary N) is 1. The van der Waals surface area contributed by atoms with Crippen molar-refractivity contribution in [3.63, 3.8) is 0 Å². The van der Waals surface area contributed by atoms with Crippen molar-refractivity contribution >= 4 is 43.6 Å². The first kappa shape index (κ1) is 15.1. The van der Waals surface area contributed by atoms with Crippen molar-refractivity contribution in [2.24, 2.45) is 0 Å².